The Balaban J connectivity index is 0.000000236. The van der Waals surface area contributed by atoms with Gasteiger partial charge in [0.25, 0.3) is 0 Å². The van der Waals surface area contributed by atoms with Crippen molar-refractivity contribution in [2.24, 2.45) is 0 Å². The van der Waals surface area contributed by atoms with Gasteiger partial charge >= 0.3 is 0 Å². The van der Waals surface area contributed by atoms with E-state index in [9.17, 15) is 0 Å². The summed E-state index contributed by atoms with van der Waals surface area (Å²) in [7, 11) is 5.25. The first-order valence-electron chi connectivity index (χ1n) is 3.09. The molecule has 0 aromatic heterocycles. The lowest BCUT2D eigenvalue weighted by Gasteiger charge is -1.80. The van der Waals surface area contributed by atoms with Crippen molar-refractivity contribution in [3.05, 3.63) is 42.4 Å². The first-order valence-corrected chi connectivity index (χ1v) is 3.46. The third kappa shape index (κ3) is 5.60. The van der Waals surface area contributed by atoms with Crippen molar-refractivity contribution in [1.82, 2.24) is 0 Å². The van der Waals surface area contributed by atoms with Gasteiger partial charge in [0.2, 0.25) is 0 Å². The van der Waals surface area contributed by atoms with E-state index < -0.39 is 0 Å². The van der Waals surface area contributed by atoms with Gasteiger partial charge < -0.3 is 5.32 Å². The first-order chi connectivity index (χ1) is 4.81. The van der Waals surface area contributed by atoms with Crippen LogP contribution in [0.4, 0.5) is 0 Å². The van der Waals surface area contributed by atoms with Crippen molar-refractivity contribution in [3.8, 4) is 0 Å². The van der Waals surface area contributed by atoms with Crippen molar-refractivity contribution >= 4 is 11.6 Å². The van der Waals surface area contributed by atoms with Gasteiger partial charge in [-0.2, -0.15) is 7.05 Å². The van der Waals surface area contributed by atoms with Crippen LogP contribution < -0.4 is 5.32 Å². The number of halogens is 1. The Hall–Kier alpha value is -0.530. The molecule has 0 fully saturated rings. The van der Waals surface area contributed by atoms with Gasteiger partial charge in [-0.1, -0.05) is 29.8 Å². The summed E-state index contributed by atoms with van der Waals surface area (Å²) in [4.78, 5) is 0. The molecule has 1 rings (SSSR count). The van der Waals surface area contributed by atoms with E-state index in [-0.39, 0.29) is 0 Å². The van der Waals surface area contributed by atoms with Crippen LogP contribution >= 0.6 is 11.6 Å². The van der Waals surface area contributed by atoms with Gasteiger partial charge in [0, 0.05) is 12.1 Å². The van der Waals surface area contributed by atoms with Crippen LogP contribution in [0.5, 0.6) is 0 Å². The van der Waals surface area contributed by atoms with Crippen LogP contribution in [0.2, 0.25) is 5.02 Å². The molecular formula is C8H12ClN. The first kappa shape index (κ1) is 9.47. The Labute approximate surface area is 67.0 Å². The van der Waals surface area contributed by atoms with Crippen LogP contribution in [-0.4, -0.2) is 7.05 Å². The van der Waals surface area contributed by atoms with Gasteiger partial charge in [-0.05, 0) is 12.1 Å². The summed E-state index contributed by atoms with van der Waals surface area (Å²) in [5, 5.41) is 2.54. The summed E-state index contributed by atoms with van der Waals surface area (Å²) in [6.07, 6.45) is 0. The van der Waals surface area contributed by atoms with E-state index in [1.807, 2.05) is 37.4 Å². The van der Waals surface area contributed by atoms with E-state index in [0.717, 1.165) is 5.02 Å². The molecule has 56 valence electrons. The predicted octanol–water partition coefficient (Wildman–Crippen LogP) is 1.31. The topological polar surface area (TPSA) is 16.6 Å². The molecule has 0 aliphatic heterocycles. The predicted molar refractivity (Wildman–Crippen MR) is 44.7 cm³/mol. The van der Waals surface area contributed by atoms with E-state index in [1.165, 1.54) is 0 Å². The highest BCUT2D eigenvalue weighted by atomic mass is 35.5. The zero-order valence-electron chi connectivity index (χ0n) is 6.05. The van der Waals surface area contributed by atoms with Crippen molar-refractivity contribution in [1.29, 1.82) is 0 Å². The lowest BCUT2D eigenvalue weighted by molar-refractivity contribution is -0.564. The third-order valence-corrected chi connectivity index (χ3v) is 0.985. The fraction of sp³-hybridized carbons (Fsp3) is 0.125. The summed E-state index contributed by atoms with van der Waals surface area (Å²) in [5.41, 5.74) is 0. The SMILES string of the molecule is Clc1ccccc1.[CH2-][NH2+]C. The molecule has 0 aliphatic rings. The quantitative estimate of drug-likeness (QED) is 0.547. The monoisotopic (exact) mass is 157 g/mol. The summed E-state index contributed by atoms with van der Waals surface area (Å²) in [5.74, 6) is 0. The second-order valence-corrected chi connectivity index (χ2v) is 2.14. The summed E-state index contributed by atoms with van der Waals surface area (Å²) in [6.45, 7) is 0. The second kappa shape index (κ2) is 6.59. The highest BCUT2D eigenvalue weighted by Gasteiger charge is 1.74. The number of hydrogen-bond acceptors (Lipinski definition) is 0. The fourth-order valence-electron chi connectivity index (χ4n) is 0.415. The minimum absolute atomic E-state index is 0.794. The molecule has 10 heavy (non-hydrogen) atoms. The molecule has 1 aromatic rings. The lowest BCUT2D eigenvalue weighted by Crippen LogP contribution is -2.71. The van der Waals surface area contributed by atoms with Crippen molar-refractivity contribution < 1.29 is 5.32 Å². The summed E-state index contributed by atoms with van der Waals surface area (Å²) in [6, 6.07) is 9.44. The molecule has 2 N–H and O–H groups in total. The number of nitrogens with two attached hydrogens (primary N) is 1. The van der Waals surface area contributed by atoms with Gasteiger partial charge in [0.1, 0.15) is 0 Å². The molecule has 0 saturated carbocycles. The molecule has 2 heteroatoms. The van der Waals surface area contributed by atoms with Crippen molar-refractivity contribution in [3.63, 3.8) is 0 Å². The zero-order valence-corrected chi connectivity index (χ0v) is 6.81. The molecule has 0 aliphatic carbocycles. The van der Waals surface area contributed by atoms with E-state index in [4.69, 9.17) is 11.6 Å². The van der Waals surface area contributed by atoms with Crippen molar-refractivity contribution in [2.75, 3.05) is 7.05 Å². The van der Waals surface area contributed by atoms with Crippen LogP contribution in [0.1, 0.15) is 0 Å². The molecule has 0 bridgehead atoms. The standard InChI is InChI=1S/C6H5Cl.C2H7N/c7-6-4-2-1-3-5-6;1-3-2/h1-5H;1,3H2,2H3. The van der Waals surface area contributed by atoms with Crippen LogP contribution in [0.25, 0.3) is 0 Å². The maximum absolute atomic E-state index is 5.54. The minimum Gasteiger partial charge on any atom is -0.481 e. The van der Waals surface area contributed by atoms with Crippen LogP contribution in [-0.2, 0) is 0 Å². The summed E-state index contributed by atoms with van der Waals surface area (Å²) < 4.78 is 0. The minimum atomic E-state index is 0.794. The maximum Gasteiger partial charge on any atom is 0.0408 e. The molecule has 0 spiro atoms. The van der Waals surface area contributed by atoms with E-state index in [2.05, 4.69) is 7.05 Å². The molecule has 1 nitrogen and oxygen atoms in total. The molecule has 0 heterocycles. The summed E-state index contributed by atoms with van der Waals surface area (Å²) >= 11 is 5.54. The van der Waals surface area contributed by atoms with Gasteiger partial charge in [0.15, 0.2) is 0 Å². The molecule has 0 radical (unpaired) electrons. The highest BCUT2D eigenvalue weighted by Crippen LogP contribution is 2.03. The third-order valence-electron chi connectivity index (χ3n) is 0.733. The van der Waals surface area contributed by atoms with Crippen LogP contribution in [0.3, 0.4) is 0 Å². The number of hydrogen-bond donors (Lipinski definition) is 1. The number of rotatable bonds is 0. The van der Waals surface area contributed by atoms with Gasteiger partial charge in [-0.25, -0.2) is 0 Å². The van der Waals surface area contributed by atoms with Crippen molar-refractivity contribution in [2.45, 2.75) is 0 Å². The lowest BCUT2D eigenvalue weighted by atomic mass is 10.4. The molecule has 1 aromatic carbocycles. The molecule has 0 saturated heterocycles. The Morgan fingerprint density at radius 3 is 1.90 bits per heavy atom. The van der Waals surface area contributed by atoms with Gasteiger partial charge in [0.05, 0.1) is 0 Å². The largest absolute Gasteiger partial charge is 0.481 e. The van der Waals surface area contributed by atoms with Crippen LogP contribution in [0.15, 0.2) is 30.3 Å². The average molecular weight is 158 g/mol. The smallest absolute Gasteiger partial charge is 0.0408 e. The molecule has 0 atom stereocenters. The Kier molecular flexibility index (Phi) is 6.24. The zero-order chi connectivity index (χ0) is 7.82. The number of quaternary nitrogens is 1. The fourth-order valence-corrected chi connectivity index (χ4v) is 0.560. The van der Waals surface area contributed by atoms with Gasteiger partial charge in [-0.15, -0.1) is 0 Å². The van der Waals surface area contributed by atoms with Crippen LogP contribution in [0, 0.1) is 7.05 Å². The Morgan fingerprint density at radius 1 is 1.30 bits per heavy atom. The molecular weight excluding hydrogens is 146 g/mol. The molecule has 0 unspecified atom stereocenters. The molecule has 0 amide bonds. The highest BCUT2D eigenvalue weighted by molar-refractivity contribution is 6.30. The Bertz CT molecular complexity index is 151. The number of benzene rings is 1. The van der Waals surface area contributed by atoms with E-state index in [0.29, 0.717) is 0 Å². The van der Waals surface area contributed by atoms with E-state index >= 15 is 0 Å². The maximum atomic E-state index is 5.54. The normalized spacial score (nSPS) is 7.90. The Morgan fingerprint density at radius 2 is 1.70 bits per heavy atom. The van der Waals surface area contributed by atoms with E-state index in [1.54, 1.807) is 5.32 Å². The average Bonchev–Trinajstić information content (AvgIpc) is 1.91. The second-order valence-electron chi connectivity index (χ2n) is 1.70. The van der Waals surface area contributed by atoms with Gasteiger partial charge in [-0.3, -0.25) is 0 Å².